The van der Waals surface area contributed by atoms with Crippen LogP contribution >= 0.6 is 0 Å². The van der Waals surface area contributed by atoms with E-state index in [1.165, 1.54) is 6.08 Å². The van der Waals surface area contributed by atoms with Gasteiger partial charge in [0.05, 0.1) is 12.5 Å². The Labute approximate surface area is 89.7 Å². The molecular weight excluding hydrogens is 196 g/mol. The summed E-state index contributed by atoms with van der Waals surface area (Å²) >= 11 is 0. The van der Waals surface area contributed by atoms with Crippen LogP contribution in [0, 0.1) is 0 Å². The summed E-state index contributed by atoms with van der Waals surface area (Å²) < 4.78 is 5.00. The van der Waals surface area contributed by atoms with Gasteiger partial charge in [0.1, 0.15) is 5.60 Å². The molecule has 15 heavy (non-hydrogen) atoms. The van der Waals surface area contributed by atoms with Gasteiger partial charge in [-0.25, -0.2) is 4.79 Å². The molecule has 0 heterocycles. The first-order valence-electron chi connectivity index (χ1n) is 4.65. The molecule has 0 aliphatic carbocycles. The van der Waals surface area contributed by atoms with Crippen molar-refractivity contribution in [1.82, 2.24) is 5.32 Å². The molecule has 0 saturated carbocycles. The van der Waals surface area contributed by atoms with Crippen molar-refractivity contribution in [2.24, 2.45) is 5.73 Å². The van der Waals surface area contributed by atoms with Crippen LogP contribution in [0.2, 0.25) is 0 Å². The Hall–Kier alpha value is -1.52. The van der Waals surface area contributed by atoms with E-state index in [0.29, 0.717) is 0 Å². The number of hydrogen-bond donors (Lipinski definition) is 2. The van der Waals surface area contributed by atoms with Crippen LogP contribution in [0.25, 0.3) is 0 Å². The molecule has 2 amide bonds. The average molecular weight is 214 g/mol. The molecule has 0 fully saturated rings. The highest BCUT2D eigenvalue weighted by Crippen LogP contribution is 2.07. The van der Waals surface area contributed by atoms with E-state index < -0.39 is 23.6 Å². The normalized spacial score (nSPS) is 12.7. The van der Waals surface area contributed by atoms with Gasteiger partial charge in [0, 0.05) is 0 Å². The molecule has 0 aromatic rings. The smallest absolute Gasteiger partial charge is 0.408 e. The Balaban J connectivity index is 4.13. The van der Waals surface area contributed by atoms with Crippen molar-refractivity contribution in [1.29, 1.82) is 0 Å². The standard InChI is InChI=1S/C10H18N2O3/c1-5-7(6-8(11)13)12-9(14)15-10(2,3)4/h5,7H,1,6H2,2-4H3,(H2,11,13)(H,12,14). The van der Waals surface area contributed by atoms with Crippen LogP contribution in [0.5, 0.6) is 0 Å². The summed E-state index contributed by atoms with van der Waals surface area (Å²) in [5.74, 6) is -0.504. The lowest BCUT2D eigenvalue weighted by molar-refractivity contribution is -0.118. The molecule has 0 radical (unpaired) electrons. The molecule has 0 bridgehead atoms. The van der Waals surface area contributed by atoms with Gasteiger partial charge in [-0.15, -0.1) is 6.58 Å². The second-order valence-electron chi connectivity index (χ2n) is 4.16. The summed E-state index contributed by atoms with van der Waals surface area (Å²) in [6.45, 7) is 8.75. The predicted octanol–water partition coefficient (Wildman–Crippen LogP) is 0.941. The van der Waals surface area contributed by atoms with E-state index in [1.54, 1.807) is 20.8 Å². The quantitative estimate of drug-likeness (QED) is 0.683. The van der Waals surface area contributed by atoms with Crippen LogP contribution in [0.1, 0.15) is 27.2 Å². The van der Waals surface area contributed by atoms with Crippen molar-refractivity contribution in [2.75, 3.05) is 0 Å². The minimum atomic E-state index is -0.589. The Bertz CT molecular complexity index is 256. The van der Waals surface area contributed by atoms with Gasteiger partial charge in [0.25, 0.3) is 0 Å². The Kier molecular flexibility index (Phi) is 4.84. The third kappa shape index (κ3) is 7.54. The van der Waals surface area contributed by atoms with Crippen molar-refractivity contribution < 1.29 is 14.3 Å². The topological polar surface area (TPSA) is 81.4 Å². The summed E-state index contributed by atoms with van der Waals surface area (Å²) in [4.78, 5) is 21.9. The first-order valence-corrected chi connectivity index (χ1v) is 4.65. The van der Waals surface area contributed by atoms with Crippen molar-refractivity contribution in [3.05, 3.63) is 12.7 Å². The predicted molar refractivity (Wildman–Crippen MR) is 57.2 cm³/mol. The van der Waals surface area contributed by atoms with E-state index in [0.717, 1.165) is 0 Å². The van der Waals surface area contributed by atoms with Crippen molar-refractivity contribution in [3.8, 4) is 0 Å². The summed E-state index contributed by atoms with van der Waals surface area (Å²) in [6, 6.07) is -0.489. The number of ether oxygens (including phenoxy) is 1. The molecule has 86 valence electrons. The molecule has 0 aromatic heterocycles. The van der Waals surface area contributed by atoms with E-state index in [4.69, 9.17) is 10.5 Å². The van der Waals surface area contributed by atoms with Crippen LogP contribution < -0.4 is 11.1 Å². The highest BCUT2D eigenvalue weighted by Gasteiger charge is 2.18. The maximum absolute atomic E-state index is 11.3. The van der Waals surface area contributed by atoms with E-state index in [-0.39, 0.29) is 6.42 Å². The Morgan fingerprint density at radius 2 is 2.07 bits per heavy atom. The number of carbonyl (C=O) groups excluding carboxylic acids is 2. The molecule has 0 aliphatic rings. The Morgan fingerprint density at radius 1 is 1.53 bits per heavy atom. The number of nitrogens with two attached hydrogens (primary N) is 1. The fourth-order valence-electron chi connectivity index (χ4n) is 0.869. The van der Waals surface area contributed by atoms with Gasteiger partial charge in [0.15, 0.2) is 0 Å². The second kappa shape index (κ2) is 5.38. The zero-order valence-electron chi connectivity index (χ0n) is 9.37. The van der Waals surface area contributed by atoms with Crippen LogP contribution in [0.15, 0.2) is 12.7 Å². The van der Waals surface area contributed by atoms with Gasteiger partial charge in [-0.3, -0.25) is 4.79 Å². The minimum Gasteiger partial charge on any atom is -0.444 e. The number of rotatable bonds is 4. The lowest BCUT2D eigenvalue weighted by Gasteiger charge is -2.21. The zero-order chi connectivity index (χ0) is 12.1. The lowest BCUT2D eigenvalue weighted by atomic mass is 10.2. The number of hydrogen-bond acceptors (Lipinski definition) is 3. The largest absolute Gasteiger partial charge is 0.444 e. The van der Waals surface area contributed by atoms with Crippen LogP contribution in [0.3, 0.4) is 0 Å². The number of primary amides is 1. The number of nitrogens with one attached hydrogen (secondary N) is 1. The van der Waals surface area contributed by atoms with E-state index in [2.05, 4.69) is 11.9 Å². The molecule has 1 unspecified atom stereocenters. The second-order valence-corrected chi connectivity index (χ2v) is 4.16. The summed E-state index contributed by atoms with van der Waals surface area (Å²) in [5.41, 5.74) is 4.43. The van der Waals surface area contributed by atoms with Crippen LogP contribution in [-0.2, 0) is 9.53 Å². The van der Waals surface area contributed by atoms with E-state index in [9.17, 15) is 9.59 Å². The van der Waals surface area contributed by atoms with Gasteiger partial charge in [-0.1, -0.05) is 6.08 Å². The fourth-order valence-corrected chi connectivity index (χ4v) is 0.869. The third-order valence-electron chi connectivity index (χ3n) is 1.41. The van der Waals surface area contributed by atoms with Crippen molar-refractivity contribution >= 4 is 12.0 Å². The SMILES string of the molecule is C=CC(CC(N)=O)NC(=O)OC(C)(C)C. The first-order chi connectivity index (χ1) is 6.74. The average Bonchev–Trinajstić information content (AvgIpc) is 1.98. The number of amides is 2. The Morgan fingerprint density at radius 3 is 2.40 bits per heavy atom. The number of carbonyl (C=O) groups is 2. The zero-order valence-corrected chi connectivity index (χ0v) is 9.37. The number of alkyl carbamates (subject to hydrolysis) is 1. The molecule has 3 N–H and O–H groups in total. The van der Waals surface area contributed by atoms with Crippen LogP contribution in [-0.4, -0.2) is 23.6 Å². The van der Waals surface area contributed by atoms with Gasteiger partial charge in [-0.05, 0) is 20.8 Å². The molecule has 0 spiro atoms. The highest BCUT2D eigenvalue weighted by atomic mass is 16.6. The molecule has 1 atom stereocenters. The first kappa shape index (κ1) is 13.5. The molecule has 0 aromatic carbocycles. The monoisotopic (exact) mass is 214 g/mol. The summed E-state index contributed by atoms with van der Waals surface area (Å²) in [5, 5.41) is 2.47. The van der Waals surface area contributed by atoms with Crippen molar-refractivity contribution in [2.45, 2.75) is 38.8 Å². The summed E-state index contributed by atoms with van der Waals surface area (Å²) in [7, 11) is 0. The lowest BCUT2D eigenvalue weighted by Crippen LogP contribution is -2.40. The van der Waals surface area contributed by atoms with Gasteiger partial charge >= 0.3 is 6.09 Å². The van der Waals surface area contributed by atoms with E-state index >= 15 is 0 Å². The molecule has 0 rings (SSSR count). The van der Waals surface area contributed by atoms with E-state index in [1.807, 2.05) is 0 Å². The summed E-state index contributed by atoms with van der Waals surface area (Å²) in [6.07, 6.45) is 0.867. The molecule has 5 nitrogen and oxygen atoms in total. The molecule has 0 saturated heterocycles. The van der Waals surface area contributed by atoms with Crippen LogP contribution in [0.4, 0.5) is 4.79 Å². The fraction of sp³-hybridized carbons (Fsp3) is 0.600. The molecule has 0 aliphatic heterocycles. The maximum Gasteiger partial charge on any atom is 0.408 e. The van der Waals surface area contributed by atoms with Gasteiger partial charge in [-0.2, -0.15) is 0 Å². The van der Waals surface area contributed by atoms with Gasteiger partial charge in [0.2, 0.25) is 5.91 Å². The highest BCUT2D eigenvalue weighted by molar-refractivity contribution is 5.76. The van der Waals surface area contributed by atoms with Crippen molar-refractivity contribution in [3.63, 3.8) is 0 Å². The third-order valence-corrected chi connectivity index (χ3v) is 1.41. The van der Waals surface area contributed by atoms with Gasteiger partial charge < -0.3 is 15.8 Å². The maximum atomic E-state index is 11.3. The molecule has 5 heteroatoms. The molecular formula is C10H18N2O3. The minimum absolute atomic E-state index is 0.0166.